The molecule has 1 heterocycles. The van der Waals surface area contributed by atoms with Gasteiger partial charge in [0.05, 0.1) is 18.1 Å². The van der Waals surface area contributed by atoms with Gasteiger partial charge in [0.1, 0.15) is 0 Å². The fourth-order valence-electron chi connectivity index (χ4n) is 1.71. The fraction of sp³-hybridized carbons (Fsp3) is 0.857. The number of hydrogen-bond donors (Lipinski definition) is 1. The van der Waals surface area contributed by atoms with Crippen molar-refractivity contribution in [3.05, 3.63) is 0 Å². The highest BCUT2D eigenvalue weighted by atomic mass is 16.7. The summed E-state index contributed by atoms with van der Waals surface area (Å²) in [6.07, 6.45) is 3.37. The van der Waals surface area contributed by atoms with Crippen LogP contribution in [0.4, 0.5) is 0 Å². The Hall–Kier alpha value is -0.610. The van der Waals surface area contributed by atoms with Gasteiger partial charge in [0.25, 0.3) is 0 Å². The number of fused-ring (bicyclic) bond motifs is 1. The van der Waals surface area contributed by atoms with Crippen molar-refractivity contribution in [2.24, 2.45) is 11.8 Å². The number of hydrogen-bond acceptors (Lipinski definition) is 4. The molecular weight excluding hydrogens is 146 g/mol. The maximum Gasteiger partial charge on any atom is 0.327 e. The number of rotatable bonds is 1. The molecule has 1 saturated heterocycles. The van der Waals surface area contributed by atoms with Gasteiger partial charge < -0.3 is 9.57 Å². The normalized spacial score (nSPS) is 41.0. The van der Waals surface area contributed by atoms with E-state index in [4.69, 9.17) is 10.6 Å². The predicted octanol–water partition coefficient (Wildman–Crippen LogP) is -0.0292. The van der Waals surface area contributed by atoms with Crippen LogP contribution < -0.4 is 5.90 Å². The van der Waals surface area contributed by atoms with Crippen LogP contribution in [0.5, 0.6) is 0 Å². The van der Waals surface area contributed by atoms with Crippen molar-refractivity contribution in [3.63, 3.8) is 0 Å². The third kappa shape index (κ3) is 1.23. The maximum atomic E-state index is 10.9. The summed E-state index contributed by atoms with van der Waals surface area (Å²) in [5.74, 6) is 4.45. The van der Waals surface area contributed by atoms with Gasteiger partial charge in [-0.2, -0.15) is 5.90 Å². The van der Waals surface area contributed by atoms with Crippen LogP contribution in [0.2, 0.25) is 0 Å². The Kier molecular flexibility index (Phi) is 1.58. The van der Waals surface area contributed by atoms with Crippen LogP contribution in [-0.4, -0.2) is 18.2 Å². The molecule has 0 aromatic heterocycles. The van der Waals surface area contributed by atoms with Gasteiger partial charge in [-0.1, -0.05) is 0 Å². The average molecular weight is 157 g/mol. The van der Waals surface area contributed by atoms with Crippen molar-refractivity contribution in [3.8, 4) is 0 Å². The van der Waals surface area contributed by atoms with E-state index in [9.17, 15) is 4.79 Å². The first-order chi connectivity index (χ1) is 5.31. The molecule has 0 spiro atoms. The quantitative estimate of drug-likeness (QED) is 0.429. The van der Waals surface area contributed by atoms with Crippen molar-refractivity contribution < 1.29 is 14.4 Å². The van der Waals surface area contributed by atoms with Gasteiger partial charge in [-0.3, -0.25) is 4.79 Å². The van der Waals surface area contributed by atoms with Crippen LogP contribution in [0.1, 0.15) is 19.3 Å². The summed E-state index contributed by atoms with van der Waals surface area (Å²) < 4.78 is 5.25. The lowest BCUT2D eigenvalue weighted by Gasteiger charge is -2.14. The van der Waals surface area contributed by atoms with E-state index in [0.29, 0.717) is 12.2 Å². The van der Waals surface area contributed by atoms with Gasteiger partial charge in [0, 0.05) is 0 Å². The smallest absolute Gasteiger partial charge is 0.327 e. The number of epoxide rings is 1. The third-order valence-electron chi connectivity index (χ3n) is 2.45. The monoisotopic (exact) mass is 157 g/mol. The maximum absolute atomic E-state index is 10.9. The first kappa shape index (κ1) is 7.06. The van der Waals surface area contributed by atoms with Gasteiger partial charge in [-0.25, -0.2) is 0 Å². The standard InChI is InChI=1S/C7H11NO3/c8-11-7(9)4-1-2-5-6(3-4)10-5/h4-6H,1-3,8H2. The molecule has 1 aliphatic carbocycles. The second kappa shape index (κ2) is 2.46. The van der Waals surface area contributed by atoms with E-state index < -0.39 is 0 Å². The van der Waals surface area contributed by atoms with E-state index in [1.165, 1.54) is 0 Å². The van der Waals surface area contributed by atoms with Crippen LogP contribution in [0.15, 0.2) is 0 Å². The second-order valence-corrected chi connectivity index (χ2v) is 3.16. The zero-order valence-corrected chi connectivity index (χ0v) is 6.16. The van der Waals surface area contributed by atoms with Gasteiger partial charge in [-0.05, 0) is 19.3 Å². The van der Waals surface area contributed by atoms with E-state index in [1.54, 1.807) is 0 Å². The first-order valence-electron chi connectivity index (χ1n) is 3.87. The topological polar surface area (TPSA) is 64.8 Å². The Morgan fingerprint density at radius 1 is 1.45 bits per heavy atom. The molecule has 0 radical (unpaired) electrons. The largest absolute Gasteiger partial charge is 0.373 e. The SMILES string of the molecule is NOC(=O)C1CCC2OC2C1. The molecule has 3 atom stereocenters. The molecule has 0 aromatic carbocycles. The third-order valence-corrected chi connectivity index (χ3v) is 2.45. The summed E-state index contributed by atoms with van der Waals surface area (Å²) >= 11 is 0. The number of nitrogens with two attached hydrogens (primary N) is 1. The molecule has 4 nitrogen and oxygen atoms in total. The van der Waals surface area contributed by atoms with E-state index in [0.717, 1.165) is 19.3 Å². The van der Waals surface area contributed by atoms with Crippen LogP contribution in [0.25, 0.3) is 0 Å². The molecular formula is C7H11NO3. The van der Waals surface area contributed by atoms with E-state index in [1.807, 2.05) is 0 Å². The molecule has 0 bridgehead atoms. The predicted molar refractivity (Wildman–Crippen MR) is 36.3 cm³/mol. The van der Waals surface area contributed by atoms with Crippen LogP contribution in [0, 0.1) is 5.92 Å². The van der Waals surface area contributed by atoms with E-state index in [-0.39, 0.29) is 11.9 Å². The van der Waals surface area contributed by atoms with Crippen molar-refractivity contribution >= 4 is 5.97 Å². The van der Waals surface area contributed by atoms with Gasteiger partial charge in [-0.15, -0.1) is 0 Å². The van der Waals surface area contributed by atoms with Crippen molar-refractivity contribution in [1.82, 2.24) is 0 Å². The van der Waals surface area contributed by atoms with E-state index in [2.05, 4.69) is 4.84 Å². The summed E-state index contributed by atoms with van der Waals surface area (Å²) in [6, 6.07) is 0. The van der Waals surface area contributed by atoms with Crippen LogP contribution in [0.3, 0.4) is 0 Å². The number of ether oxygens (including phenoxy) is 1. The van der Waals surface area contributed by atoms with Crippen molar-refractivity contribution in [1.29, 1.82) is 0 Å². The lowest BCUT2D eigenvalue weighted by Crippen LogP contribution is -2.25. The average Bonchev–Trinajstić information content (AvgIpc) is 2.80. The Morgan fingerprint density at radius 3 is 2.91 bits per heavy atom. The molecule has 2 rings (SSSR count). The summed E-state index contributed by atoms with van der Waals surface area (Å²) in [5, 5.41) is 0. The lowest BCUT2D eigenvalue weighted by molar-refractivity contribution is -0.150. The Bertz CT molecular complexity index is 183. The van der Waals surface area contributed by atoms with Crippen molar-refractivity contribution in [2.45, 2.75) is 31.5 Å². The summed E-state index contributed by atoms with van der Waals surface area (Å²) in [6.45, 7) is 0. The Labute approximate surface area is 64.6 Å². The number of carbonyl (C=O) groups excluding carboxylic acids is 1. The van der Waals surface area contributed by atoms with Crippen molar-refractivity contribution in [2.75, 3.05) is 0 Å². The minimum Gasteiger partial charge on any atom is -0.373 e. The summed E-state index contributed by atoms with van der Waals surface area (Å²) in [5.41, 5.74) is 0. The number of carbonyl (C=O) groups is 1. The fourth-order valence-corrected chi connectivity index (χ4v) is 1.71. The molecule has 2 N–H and O–H groups in total. The Morgan fingerprint density at radius 2 is 2.27 bits per heavy atom. The molecule has 0 aromatic rings. The molecule has 3 unspecified atom stereocenters. The van der Waals surface area contributed by atoms with Crippen LogP contribution >= 0.6 is 0 Å². The van der Waals surface area contributed by atoms with E-state index >= 15 is 0 Å². The zero-order valence-electron chi connectivity index (χ0n) is 6.16. The van der Waals surface area contributed by atoms with Gasteiger partial charge in [0.15, 0.2) is 0 Å². The molecule has 62 valence electrons. The molecule has 4 heteroatoms. The van der Waals surface area contributed by atoms with Gasteiger partial charge in [0.2, 0.25) is 0 Å². The lowest BCUT2D eigenvalue weighted by atomic mass is 9.89. The summed E-state index contributed by atoms with van der Waals surface area (Å²) in [7, 11) is 0. The Balaban J connectivity index is 1.89. The minimum absolute atomic E-state index is 0.0243. The molecule has 1 aliphatic heterocycles. The highest BCUT2D eigenvalue weighted by Crippen LogP contribution is 2.39. The molecule has 1 saturated carbocycles. The zero-order chi connectivity index (χ0) is 7.84. The molecule has 2 aliphatic rings. The summed E-state index contributed by atoms with van der Waals surface area (Å²) in [4.78, 5) is 15.1. The molecule has 0 amide bonds. The highest BCUT2D eigenvalue weighted by Gasteiger charge is 2.46. The highest BCUT2D eigenvalue weighted by molar-refractivity contribution is 5.72. The molecule has 2 fully saturated rings. The van der Waals surface area contributed by atoms with Gasteiger partial charge >= 0.3 is 5.97 Å². The molecule has 11 heavy (non-hydrogen) atoms. The minimum atomic E-state index is -0.293. The van der Waals surface area contributed by atoms with Crippen LogP contribution in [-0.2, 0) is 14.4 Å². The second-order valence-electron chi connectivity index (χ2n) is 3.16. The first-order valence-corrected chi connectivity index (χ1v) is 3.87.